The van der Waals surface area contributed by atoms with E-state index >= 15 is 0 Å². The molecule has 0 saturated heterocycles. The van der Waals surface area contributed by atoms with E-state index < -0.39 is 11.9 Å². The maximum atomic E-state index is 11.9. The molecule has 2 atom stereocenters. The number of carboxylic acid groups (broad SMARTS) is 1. The summed E-state index contributed by atoms with van der Waals surface area (Å²) >= 11 is 1.30. The van der Waals surface area contributed by atoms with Crippen molar-refractivity contribution in [3.8, 4) is 6.07 Å². The van der Waals surface area contributed by atoms with Crippen LogP contribution < -0.4 is 5.32 Å². The second kappa shape index (κ2) is 5.19. The molecule has 1 heterocycles. The summed E-state index contributed by atoms with van der Waals surface area (Å²) in [7, 11) is 0. The Morgan fingerprint density at radius 3 is 2.78 bits per heavy atom. The number of nitrogens with zero attached hydrogens (tertiary/aromatic N) is 1. The predicted octanol–water partition coefficient (Wildman–Crippen LogP) is 2.06. The van der Waals surface area contributed by atoms with E-state index in [2.05, 4.69) is 5.32 Å². The molecular weight excluding hydrogens is 252 g/mol. The van der Waals surface area contributed by atoms with E-state index in [4.69, 9.17) is 10.4 Å². The smallest absolute Gasteiger partial charge is 0.306 e. The van der Waals surface area contributed by atoms with Crippen LogP contribution in [-0.2, 0) is 9.59 Å². The van der Waals surface area contributed by atoms with Gasteiger partial charge in [0.2, 0.25) is 5.91 Å². The number of carbonyl (C=O) groups is 2. The molecule has 0 aromatic carbocycles. The van der Waals surface area contributed by atoms with Gasteiger partial charge in [0.05, 0.1) is 11.5 Å². The number of carbonyl (C=O) groups excluding carboxylic acids is 1. The molecule has 2 N–H and O–H groups in total. The minimum atomic E-state index is -0.834. The summed E-state index contributed by atoms with van der Waals surface area (Å²) < 4.78 is 0. The number of anilines is 1. The molecule has 1 saturated carbocycles. The molecule has 0 unspecified atom stereocenters. The maximum Gasteiger partial charge on any atom is 0.306 e. The summed E-state index contributed by atoms with van der Waals surface area (Å²) in [6.45, 7) is 0. The van der Waals surface area contributed by atoms with Gasteiger partial charge in [0.25, 0.3) is 0 Å². The fraction of sp³-hybridized carbons (Fsp3) is 0.417. The fourth-order valence-corrected chi connectivity index (χ4v) is 2.89. The van der Waals surface area contributed by atoms with E-state index in [1.54, 1.807) is 11.4 Å². The lowest BCUT2D eigenvalue weighted by Crippen LogP contribution is -2.21. The number of amides is 1. The largest absolute Gasteiger partial charge is 0.481 e. The third-order valence-electron chi connectivity index (χ3n) is 3.18. The van der Waals surface area contributed by atoms with Crippen LogP contribution in [0.3, 0.4) is 0 Å². The Morgan fingerprint density at radius 1 is 1.44 bits per heavy atom. The molecule has 1 fully saturated rings. The molecule has 0 spiro atoms. The van der Waals surface area contributed by atoms with Gasteiger partial charge >= 0.3 is 5.97 Å². The first-order chi connectivity index (χ1) is 8.61. The van der Waals surface area contributed by atoms with Crippen molar-refractivity contribution >= 4 is 28.2 Å². The SMILES string of the molecule is N#Cc1ccsc1NC(=O)[C@@H]1CC[C@H](C(=O)O)C1. The molecule has 0 radical (unpaired) electrons. The Labute approximate surface area is 108 Å². The minimum Gasteiger partial charge on any atom is -0.481 e. The molecule has 0 aliphatic heterocycles. The van der Waals surface area contributed by atoms with Crippen LogP contribution in [0.15, 0.2) is 11.4 Å². The molecule has 1 aliphatic rings. The number of rotatable bonds is 3. The van der Waals surface area contributed by atoms with Crippen molar-refractivity contribution in [1.29, 1.82) is 5.26 Å². The van der Waals surface area contributed by atoms with Gasteiger partial charge in [-0.1, -0.05) is 0 Å². The van der Waals surface area contributed by atoms with Crippen molar-refractivity contribution in [2.24, 2.45) is 11.8 Å². The zero-order valence-electron chi connectivity index (χ0n) is 9.55. The first-order valence-electron chi connectivity index (χ1n) is 5.63. The molecule has 18 heavy (non-hydrogen) atoms. The number of carboxylic acids is 1. The summed E-state index contributed by atoms with van der Waals surface area (Å²) in [5, 5.41) is 22.7. The Bertz CT molecular complexity index is 518. The highest BCUT2D eigenvalue weighted by Crippen LogP contribution is 2.32. The standard InChI is InChI=1S/C12H12N2O3S/c13-6-9-3-4-18-11(9)14-10(15)7-1-2-8(5-7)12(16)17/h3-4,7-8H,1-2,5H2,(H,14,15)(H,16,17)/t7-,8+/m1/s1. The Kier molecular flexibility index (Phi) is 3.63. The summed E-state index contributed by atoms with van der Waals surface area (Å²) in [6, 6.07) is 3.65. The number of hydrogen-bond acceptors (Lipinski definition) is 4. The van der Waals surface area contributed by atoms with E-state index in [-0.39, 0.29) is 11.8 Å². The Hall–Kier alpha value is -1.87. The quantitative estimate of drug-likeness (QED) is 0.874. The van der Waals surface area contributed by atoms with Crippen LogP contribution in [-0.4, -0.2) is 17.0 Å². The van der Waals surface area contributed by atoms with Gasteiger partial charge in [0.15, 0.2) is 0 Å². The lowest BCUT2D eigenvalue weighted by molar-refractivity contribution is -0.141. The topological polar surface area (TPSA) is 90.2 Å². The van der Waals surface area contributed by atoms with Gasteiger partial charge in [0, 0.05) is 5.92 Å². The van der Waals surface area contributed by atoms with Gasteiger partial charge < -0.3 is 10.4 Å². The van der Waals surface area contributed by atoms with E-state index in [0.717, 1.165) is 0 Å². The lowest BCUT2D eigenvalue weighted by atomic mass is 10.0. The third kappa shape index (κ3) is 2.51. The number of hydrogen-bond donors (Lipinski definition) is 2. The average Bonchev–Trinajstić information content (AvgIpc) is 2.96. The van der Waals surface area contributed by atoms with Crippen molar-refractivity contribution in [2.45, 2.75) is 19.3 Å². The monoisotopic (exact) mass is 264 g/mol. The number of nitriles is 1. The van der Waals surface area contributed by atoms with Gasteiger partial charge in [-0.25, -0.2) is 0 Å². The van der Waals surface area contributed by atoms with Gasteiger partial charge in [0.1, 0.15) is 11.1 Å². The molecule has 0 bridgehead atoms. The normalized spacial score (nSPS) is 22.4. The number of nitrogens with one attached hydrogen (secondary N) is 1. The highest BCUT2D eigenvalue weighted by Gasteiger charge is 2.34. The molecule has 2 rings (SSSR count). The molecule has 1 amide bonds. The van der Waals surface area contributed by atoms with Crippen LogP contribution in [0.25, 0.3) is 0 Å². The molecule has 1 aromatic rings. The Morgan fingerprint density at radius 2 is 2.17 bits per heavy atom. The van der Waals surface area contributed by atoms with Crippen LogP contribution in [0.4, 0.5) is 5.00 Å². The highest BCUT2D eigenvalue weighted by atomic mass is 32.1. The van der Waals surface area contributed by atoms with E-state index in [0.29, 0.717) is 29.8 Å². The van der Waals surface area contributed by atoms with Crippen molar-refractivity contribution in [3.63, 3.8) is 0 Å². The van der Waals surface area contributed by atoms with Gasteiger partial charge in [-0.05, 0) is 30.7 Å². The Balaban J connectivity index is 1.98. The fourth-order valence-electron chi connectivity index (χ4n) is 2.15. The maximum absolute atomic E-state index is 11.9. The van der Waals surface area contributed by atoms with E-state index in [1.807, 2.05) is 6.07 Å². The molecule has 1 aromatic heterocycles. The van der Waals surface area contributed by atoms with Crippen LogP contribution in [0, 0.1) is 23.2 Å². The minimum absolute atomic E-state index is 0.183. The summed E-state index contributed by atoms with van der Waals surface area (Å²) in [5.41, 5.74) is 0.445. The van der Waals surface area contributed by atoms with Crippen molar-refractivity contribution in [2.75, 3.05) is 5.32 Å². The summed E-state index contributed by atoms with van der Waals surface area (Å²) in [5.74, 6) is -1.70. The third-order valence-corrected chi connectivity index (χ3v) is 4.00. The molecule has 6 heteroatoms. The molecular formula is C12H12N2O3S. The summed E-state index contributed by atoms with van der Waals surface area (Å²) in [6.07, 6.45) is 1.52. The van der Waals surface area contributed by atoms with Crippen LogP contribution in [0.5, 0.6) is 0 Å². The lowest BCUT2D eigenvalue weighted by Gasteiger charge is -2.09. The second-order valence-corrected chi connectivity index (χ2v) is 5.23. The van der Waals surface area contributed by atoms with Crippen LogP contribution >= 0.6 is 11.3 Å². The van der Waals surface area contributed by atoms with E-state index in [1.165, 1.54) is 11.3 Å². The first kappa shape index (κ1) is 12.6. The molecule has 5 nitrogen and oxygen atoms in total. The van der Waals surface area contributed by atoms with Gasteiger partial charge in [-0.15, -0.1) is 11.3 Å². The predicted molar refractivity (Wildman–Crippen MR) is 66.1 cm³/mol. The van der Waals surface area contributed by atoms with E-state index in [9.17, 15) is 9.59 Å². The first-order valence-corrected chi connectivity index (χ1v) is 6.51. The van der Waals surface area contributed by atoms with Crippen molar-refractivity contribution in [3.05, 3.63) is 17.0 Å². The number of thiophene rings is 1. The zero-order chi connectivity index (χ0) is 13.1. The van der Waals surface area contributed by atoms with Gasteiger partial charge in [-0.2, -0.15) is 5.26 Å². The zero-order valence-corrected chi connectivity index (χ0v) is 10.4. The van der Waals surface area contributed by atoms with Crippen molar-refractivity contribution < 1.29 is 14.7 Å². The average molecular weight is 264 g/mol. The van der Waals surface area contributed by atoms with Gasteiger partial charge in [-0.3, -0.25) is 9.59 Å². The van der Waals surface area contributed by atoms with Crippen LogP contribution in [0.1, 0.15) is 24.8 Å². The highest BCUT2D eigenvalue weighted by molar-refractivity contribution is 7.14. The van der Waals surface area contributed by atoms with Crippen LogP contribution in [0.2, 0.25) is 0 Å². The van der Waals surface area contributed by atoms with Crippen molar-refractivity contribution in [1.82, 2.24) is 0 Å². The number of aliphatic carboxylic acids is 1. The molecule has 94 valence electrons. The molecule has 1 aliphatic carbocycles. The second-order valence-electron chi connectivity index (χ2n) is 4.31. The summed E-state index contributed by atoms with van der Waals surface area (Å²) in [4.78, 5) is 22.8.